The van der Waals surface area contributed by atoms with Gasteiger partial charge in [-0.15, -0.1) is 0 Å². The normalized spacial score (nSPS) is 17.6. The molecule has 29 heavy (non-hydrogen) atoms. The van der Waals surface area contributed by atoms with Gasteiger partial charge in [-0.2, -0.15) is 0 Å². The molecule has 0 unspecified atom stereocenters. The molecule has 0 spiro atoms. The lowest BCUT2D eigenvalue weighted by Gasteiger charge is -2.43. The minimum Gasteiger partial charge on any atom is -0.354 e. The van der Waals surface area contributed by atoms with Gasteiger partial charge in [-0.25, -0.2) is 4.98 Å². The summed E-state index contributed by atoms with van der Waals surface area (Å²) in [5.74, 6) is 0.914. The summed E-state index contributed by atoms with van der Waals surface area (Å²) in [7, 11) is 1.99. The fraction of sp³-hybridized carbons (Fsp3) is 0.522. The lowest BCUT2D eigenvalue weighted by atomic mass is 10.1. The van der Waals surface area contributed by atoms with Gasteiger partial charge in [0.1, 0.15) is 5.82 Å². The Morgan fingerprint density at radius 2 is 2.03 bits per heavy atom. The van der Waals surface area contributed by atoms with Crippen molar-refractivity contribution in [2.75, 3.05) is 31.6 Å². The van der Waals surface area contributed by atoms with E-state index in [1.165, 1.54) is 0 Å². The van der Waals surface area contributed by atoms with E-state index in [0.29, 0.717) is 24.2 Å². The molecule has 6 heteroatoms. The zero-order chi connectivity index (χ0) is 21.0. The van der Waals surface area contributed by atoms with Crippen LogP contribution in [0.1, 0.15) is 48.8 Å². The van der Waals surface area contributed by atoms with Crippen molar-refractivity contribution >= 4 is 11.7 Å². The van der Waals surface area contributed by atoms with Crippen LogP contribution in [0.15, 0.2) is 36.7 Å². The van der Waals surface area contributed by atoms with Crippen molar-refractivity contribution in [1.82, 2.24) is 19.8 Å². The number of nitrogens with zero attached hydrogens (tertiary/aromatic N) is 5. The average Bonchev–Trinajstić information content (AvgIpc) is 2.74. The number of piperazine rings is 1. The highest BCUT2D eigenvalue weighted by molar-refractivity contribution is 5.94. The molecule has 0 aromatic carbocycles. The fourth-order valence-electron chi connectivity index (χ4n) is 4.01. The summed E-state index contributed by atoms with van der Waals surface area (Å²) in [5.41, 5.74) is 2.85. The first kappa shape index (κ1) is 21.2. The molecule has 0 saturated carbocycles. The smallest absolute Gasteiger partial charge is 0.255 e. The van der Waals surface area contributed by atoms with Crippen LogP contribution in [0, 0.1) is 6.92 Å². The summed E-state index contributed by atoms with van der Waals surface area (Å²) in [4.78, 5) is 28.5. The Labute approximate surface area is 174 Å². The third kappa shape index (κ3) is 4.93. The number of amides is 1. The van der Waals surface area contributed by atoms with Crippen LogP contribution in [0.25, 0.3) is 0 Å². The Hall–Kier alpha value is -2.47. The van der Waals surface area contributed by atoms with Crippen molar-refractivity contribution in [2.24, 2.45) is 0 Å². The molecule has 2 aromatic heterocycles. The van der Waals surface area contributed by atoms with E-state index in [9.17, 15) is 4.79 Å². The summed E-state index contributed by atoms with van der Waals surface area (Å²) in [6, 6.07) is 8.76. The van der Waals surface area contributed by atoms with Crippen molar-refractivity contribution < 1.29 is 4.79 Å². The van der Waals surface area contributed by atoms with E-state index in [1.807, 2.05) is 36.3 Å². The summed E-state index contributed by atoms with van der Waals surface area (Å²) in [6.07, 6.45) is 4.57. The Kier molecular flexibility index (Phi) is 6.85. The van der Waals surface area contributed by atoms with E-state index in [2.05, 4.69) is 53.5 Å². The van der Waals surface area contributed by atoms with E-state index in [1.54, 1.807) is 6.20 Å². The molecule has 0 aliphatic carbocycles. The molecule has 1 aliphatic heterocycles. The third-order valence-electron chi connectivity index (χ3n) is 5.84. The van der Waals surface area contributed by atoms with Gasteiger partial charge >= 0.3 is 0 Å². The van der Waals surface area contributed by atoms with E-state index in [-0.39, 0.29) is 5.91 Å². The molecule has 0 N–H and O–H groups in total. The quantitative estimate of drug-likeness (QED) is 0.751. The topological polar surface area (TPSA) is 52.6 Å². The van der Waals surface area contributed by atoms with E-state index in [0.717, 1.165) is 43.1 Å². The average molecular weight is 396 g/mol. The lowest BCUT2D eigenvalue weighted by Crippen LogP contribution is -2.56. The van der Waals surface area contributed by atoms with Gasteiger partial charge in [-0.3, -0.25) is 14.7 Å². The Bertz CT molecular complexity index is 820. The molecule has 3 rings (SSSR count). The summed E-state index contributed by atoms with van der Waals surface area (Å²) >= 11 is 0. The zero-order valence-electron chi connectivity index (χ0n) is 18.3. The second-order valence-corrected chi connectivity index (χ2v) is 8.17. The maximum Gasteiger partial charge on any atom is 0.255 e. The van der Waals surface area contributed by atoms with Gasteiger partial charge in [-0.1, -0.05) is 13.0 Å². The van der Waals surface area contributed by atoms with Gasteiger partial charge in [0.15, 0.2) is 0 Å². The number of anilines is 1. The van der Waals surface area contributed by atoms with Crippen molar-refractivity contribution in [1.29, 1.82) is 0 Å². The number of pyridine rings is 2. The third-order valence-corrected chi connectivity index (χ3v) is 5.84. The molecule has 6 nitrogen and oxygen atoms in total. The van der Waals surface area contributed by atoms with Crippen LogP contribution in [-0.2, 0) is 6.54 Å². The Balaban J connectivity index is 1.65. The molecule has 1 fully saturated rings. The Morgan fingerprint density at radius 3 is 2.66 bits per heavy atom. The monoisotopic (exact) mass is 395 g/mol. The van der Waals surface area contributed by atoms with Crippen LogP contribution in [0.5, 0.6) is 0 Å². The van der Waals surface area contributed by atoms with Crippen molar-refractivity contribution in [3.8, 4) is 0 Å². The molecular weight excluding hydrogens is 362 g/mol. The van der Waals surface area contributed by atoms with Gasteiger partial charge in [0, 0.05) is 51.2 Å². The second-order valence-electron chi connectivity index (χ2n) is 8.17. The van der Waals surface area contributed by atoms with E-state index >= 15 is 0 Å². The van der Waals surface area contributed by atoms with Gasteiger partial charge in [0.2, 0.25) is 0 Å². The first-order valence-electron chi connectivity index (χ1n) is 10.5. The van der Waals surface area contributed by atoms with Crippen molar-refractivity contribution in [2.45, 2.75) is 52.7 Å². The van der Waals surface area contributed by atoms with Crippen LogP contribution < -0.4 is 4.90 Å². The number of hydrogen-bond acceptors (Lipinski definition) is 5. The fourth-order valence-corrected chi connectivity index (χ4v) is 4.01. The minimum atomic E-state index is 0.0779. The predicted molar refractivity (Wildman–Crippen MR) is 117 cm³/mol. The lowest BCUT2D eigenvalue weighted by molar-refractivity contribution is 0.0371. The van der Waals surface area contributed by atoms with E-state index < -0.39 is 0 Å². The molecule has 2 aromatic rings. The van der Waals surface area contributed by atoms with Crippen LogP contribution in [0.4, 0.5) is 5.82 Å². The SMILES string of the molecule is CC[C@H]1CN(C(=O)c2ccc(N(C)Cc3ncccc3C)nc2)CCN1C(C)C. The second kappa shape index (κ2) is 9.35. The molecule has 1 saturated heterocycles. The summed E-state index contributed by atoms with van der Waals surface area (Å²) in [6.45, 7) is 11.9. The molecule has 1 aliphatic rings. The van der Waals surface area contributed by atoms with Crippen molar-refractivity contribution in [3.05, 3.63) is 53.5 Å². The number of aromatic nitrogens is 2. The van der Waals surface area contributed by atoms with Crippen LogP contribution in [-0.4, -0.2) is 64.4 Å². The maximum atomic E-state index is 13.0. The summed E-state index contributed by atoms with van der Waals surface area (Å²) < 4.78 is 0. The minimum absolute atomic E-state index is 0.0779. The number of aryl methyl sites for hydroxylation is 1. The molecule has 0 bridgehead atoms. The largest absolute Gasteiger partial charge is 0.354 e. The van der Waals surface area contributed by atoms with Gasteiger partial charge in [0.25, 0.3) is 5.91 Å². The van der Waals surface area contributed by atoms with Gasteiger partial charge in [0.05, 0.1) is 17.8 Å². The highest BCUT2D eigenvalue weighted by Crippen LogP contribution is 2.19. The standard InChI is InChI=1S/C23H33N5O/c1-6-20-15-27(12-13-28(20)17(2)3)23(29)19-9-10-22(25-14-19)26(5)16-21-18(4)8-7-11-24-21/h7-11,14,17,20H,6,12-13,15-16H2,1-5H3/t20-/m0/s1. The highest BCUT2D eigenvalue weighted by Gasteiger charge is 2.30. The molecule has 1 amide bonds. The Morgan fingerprint density at radius 1 is 1.24 bits per heavy atom. The molecule has 3 heterocycles. The molecule has 0 radical (unpaired) electrons. The number of carbonyl (C=O) groups is 1. The number of rotatable bonds is 6. The van der Waals surface area contributed by atoms with E-state index in [4.69, 9.17) is 0 Å². The van der Waals surface area contributed by atoms with Crippen LogP contribution in [0.3, 0.4) is 0 Å². The molecule has 156 valence electrons. The maximum absolute atomic E-state index is 13.0. The van der Waals surface area contributed by atoms with Crippen LogP contribution >= 0.6 is 0 Å². The van der Waals surface area contributed by atoms with Crippen LogP contribution in [0.2, 0.25) is 0 Å². The van der Waals surface area contributed by atoms with Crippen molar-refractivity contribution in [3.63, 3.8) is 0 Å². The zero-order valence-corrected chi connectivity index (χ0v) is 18.3. The highest BCUT2D eigenvalue weighted by atomic mass is 16.2. The summed E-state index contributed by atoms with van der Waals surface area (Å²) in [5, 5.41) is 0. The molecule has 1 atom stereocenters. The number of hydrogen-bond donors (Lipinski definition) is 0. The molecular formula is C23H33N5O. The van der Waals surface area contributed by atoms with Gasteiger partial charge < -0.3 is 9.80 Å². The predicted octanol–water partition coefficient (Wildman–Crippen LogP) is 3.37. The van der Waals surface area contributed by atoms with Gasteiger partial charge in [-0.05, 0) is 51.0 Å². The first-order valence-corrected chi connectivity index (χ1v) is 10.5. The number of carbonyl (C=O) groups excluding carboxylic acids is 1. The first-order chi connectivity index (χ1) is 13.9.